The Hall–Kier alpha value is -1.71. The fraction of sp³-hybridized carbons (Fsp3) is 0.417. The van der Waals surface area contributed by atoms with Gasteiger partial charge in [0.1, 0.15) is 0 Å². The summed E-state index contributed by atoms with van der Waals surface area (Å²) in [7, 11) is 0. The molecule has 0 aliphatic carbocycles. The first-order valence-electron chi connectivity index (χ1n) is 5.38. The van der Waals surface area contributed by atoms with Gasteiger partial charge in [-0.1, -0.05) is 6.07 Å². The molecule has 0 radical (unpaired) electrons. The van der Waals surface area contributed by atoms with Crippen LogP contribution in [0.25, 0.3) is 0 Å². The fourth-order valence-electron chi connectivity index (χ4n) is 2.08. The van der Waals surface area contributed by atoms with E-state index in [9.17, 15) is 4.79 Å². The maximum atomic E-state index is 11.3. The van der Waals surface area contributed by atoms with E-state index in [-0.39, 0.29) is 18.7 Å². The van der Waals surface area contributed by atoms with Crippen LogP contribution in [-0.4, -0.2) is 19.4 Å². The van der Waals surface area contributed by atoms with Gasteiger partial charge in [-0.2, -0.15) is 0 Å². The van der Waals surface area contributed by atoms with Crippen LogP contribution in [0.1, 0.15) is 12.0 Å². The number of hydrogen-bond acceptors (Lipinski definition) is 4. The lowest BCUT2D eigenvalue weighted by Gasteiger charge is -2.06. The van der Waals surface area contributed by atoms with Crippen LogP contribution in [0.2, 0.25) is 0 Å². The number of fused-ring (bicyclic) bond motifs is 1. The third-order valence-electron chi connectivity index (χ3n) is 2.96. The highest BCUT2D eigenvalue weighted by molar-refractivity contribution is 5.74. The van der Waals surface area contributed by atoms with Crippen LogP contribution in [0.5, 0.6) is 11.5 Å². The van der Waals surface area contributed by atoms with Crippen molar-refractivity contribution >= 4 is 5.97 Å². The second-order valence-corrected chi connectivity index (χ2v) is 4.04. The first-order chi connectivity index (χ1) is 7.83. The quantitative estimate of drug-likeness (QED) is 0.709. The Bertz CT molecular complexity index is 427. The fourth-order valence-corrected chi connectivity index (χ4v) is 2.08. The Morgan fingerprint density at radius 3 is 2.88 bits per heavy atom. The summed E-state index contributed by atoms with van der Waals surface area (Å²) in [5.41, 5.74) is 1.09. The Morgan fingerprint density at radius 1 is 1.19 bits per heavy atom. The van der Waals surface area contributed by atoms with Gasteiger partial charge in [0.15, 0.2) is 11.5 Å². The number of hydrogen-bond donors (Lipinski definition) is 0. The lowest BCUT2D eigenvalue weighted by Crippen LogP contribution is -2.10. The van der Waals surface area contributed by atoms with Crippen molar-refractivity contribution in [3.63, 3.8) is 0 Å². The lowest BCUT2D eigenvalue weighted by molar-refractivity contribution is -0.141. The minimum absolute atomic E-state index is 0.000344. The second kappa shape index (κ2) is 3.70. The Labute approximate surface area is 93.1 Å². The van der Waals surface area contributed by atoms with Crippen molar-refractivity contribution in [2.75, 3.05) is 13.4 Å². The van der Waals surface area contributed by atoms with Crippen molar-refractivity contribution in [3.05, 3.63) is 23.8 Å². The molecular formula is C12H12O4. The highest BCUT2D eigenvalue weighted by Gasteiger charge is 2.27. The number of esters is 1. The molecule has 4 nitrogen and oxygen atoms in total. The van der Waals surface area contributed by atoms with E-state index in [1.807, 2.05) is 18.2 Å². The SMILES string of the molecule is O=C1OCCC1Cc1ccc2c(c1)OCO2. The summed E-state index contributed by atoms with van der Waals surface area (Å²) < 4.78 is 15.5. The topological polar surface area (TPSA) is 44.8 Å². The molecule has 1 saturated heterocycles. The van der Waals surface area contributed by atoms with Gasteiger partial charge in [0, 0.05) is 0 Å². The zero-order valence-electron chi connectivity index (χ0n) is 8.77. The average Bonchev–Trinajstić information content (AvgIpc) is 2.88. The minimum Gasteiger partial charge on any atom is -0.465 e. The maximum absolute atomic E-state index is 11.3. The molecule has 1 aromatic carbocycles. The predicted octanol–water partition coefficient (Wildman–Crippen LogP) is 1.52. The molecule has 0 saturated carbocycles. The largest absolute Gasteiger partial charge is 0.465 e. The molecule has 0 N–H and O–H groups in total. The van der Waals surface area contributed by atoms with Crippen molar-refractivity contribution in [1.29, 1.82) is 0 Å². The molecule has 0 amide bonds. The summed E-state index contributed by atoms with van der Waals surface area (Å²) in [6, 6.07) is 5.80. The van der Waals surface area contributed by atoms with Gasteiger partial charge in [-0.15, -0.1) is 0 Å². The van der Waals surface area contributed by atoms with Crippen LogP contribution in [0.3, 0.4) is 0 Å². The third kappa shape index (κ3) is 1.60. The smallest absolute Gasteiger partial charge is 0.309 e. The highest BCUT2D eigenvalue weighted by atomic mass is 16.7. The van der Waals surface area contributed by atoms with Gasteiger partial charge in [0.25, 0.3) is 0 Å². The van der Waals surface area contributed by atoms with Gasteiger partial charge in [0.2, 0.25) is 6.79 Å². The van der Waals surface area contributed by atoms with Crippen molar-refractivity contribution in [2.24, 2.45) is 5.92 Å². The average molecular weight is 220 g/mol. The van der Waals surface area contributed by atoms with Gasteiger partial charge in [-0.05, 0) is 30.5 Å². The number of carbonyl (C=O) groups is 1. The second-order valence-electron chi connectivity index (χ2n) is 4.04. The van der Waals surface area contributed by atoms with Crippen LogP contribution >= 0.6 is 0 Å². The lowest BCUT2D eigenvalue weighted by atomic mass is 9.98. The molecule has 84 valence electrons. The molecule has 2 heterocycles. The van der Waals surface area contributed by atoms with Gasteiger partial charge >= 0.3 is 5.97 Å². The molecule has 1 atom stereocenters. The van der Waals surface area contributed by atoms with E-state index in [1.54, 1.807) is 0 Å². The Kier molecular flexibility index (Phi) is 2.20. The summed E-state index contributed by atoms with van der Waals surface area (Å²) in [6.07, 6.45) is 1.53. The maximum Gasteiger partial charge on any atom is 0.309 e. The highest BCUT2D eigenvalue weighted by Crippen LogP contribution is 2.33. The molecule has 1 fully saturated rings. The van der Waals surface area contributed by atoms with Crippen LogP contribution in [-0.2, 0) is 16.0 Å². The van der Waals surface area contributed by atoms with Crippen LogP contribution in [0.4, 0.5) is 0 Å². The van der Waals surface area contributed by atoms with E-state index in [0.29, 0.717) is 6.61 Å². The van der Waals surface area contributed by atoms with Crippen molar-refractivity contribution in [2.45, 2.75) is 12.8 Å². The standard InChI is InChI=1S/C12H12O4/c13-12-9(3-4-14-12)5-8-1-2-10-11(6-8)16-7-15-10/h1-2,6,9H,3-5,7H2. The van der Waals surface area contributed by atoms with Gasteiger partial charge in [-0.3, -0.25) is 4.79 Å². The third-order valence-corrected chi connectivity index (χ3v) is 2.96. The summed E-state index contributed by atoms with van der Waals surface area (Å²) in [6.45, 7) is 0.832. The van der Waals surface area contributed by atoms with E-state index >= 15 is 0 Å². The summed E-state index contributed by atoms with van der Waals surface area (Å²) >= 11 is 0. The zero-order valence-corrected chi connectivity index (χ0v) is 8.77. The Morgan fingerprint density at radius 2 is 2.06 bits per heavy atom. The summed E-state index contributed by atoms with van der Waals surface area (Å²) in [4.78, 5) is 11.3. The van der Waals surface area contributed by atoms with E-state index in [1.165, 1.54) is 0 Å². The minimum atomic E-state index is -0.0855. The van der Waals surface area contributed by atoms with Crippen molar-refractivity contribution < 1.29 is 19.0 Å². The monoisotopic (exact) mass is 220 g/mol. The molecule has 3 rings (SSSR count). The number of ether oxygens (including phenoxy) is 3. The number of rotatable bonds is 2. The van der Waals surface area contributed by atoms with Gasteiger partial charge in [0.05, 0.1) is 12.5 Å². The van der Waals surface area contributed by atoms with Gasteiger partial charge < -0.3 is 14.2 Å². The van der Waals surface area contributed by atoms with Gasteiger partial charge in [-0.25, -0.2) is 0 Å². The van der Waals surface area contributed by atoms with Crippen LogP contribution < -0.4 is 9.47 Å². The molecule has 0 aromatic heterocycles. The first-order valence-corrected chi connectivity index (χ1v) is 5.38. The number of benzene rings is 1. The molecule has 0 bridgehead atoms. The number of cyclic esters (lactones) is 1. The molecule has 1 aromatic rings. The van der Waals surface area contributed by atoms with E-state index in [0.717, 1.165) is 29.9 Å². The van der Waals surface area contributed by atoms with Crippen LogP contribution in [0.15, 0.2) is 18.2 Å². The summed E-state index contributed by atoms with van der Waals surface area (Å²) in [5.74, 6) is 1.46. The zero-order chi connectivity index (χ0) is 11.0. The normalized spacial score (nSPS) is 22.2. The molecule has 2 aliphatic rings. The Balaban J connectivity index is 1.77. The predicted molar refractivity (Wildman–Crippen MR) is 55.3 cm³/mol. The molecule has 16 heavy (non-hydrogen) atoms. The molecule has 2 aliphatic heterocycles. The van der Waals surface area contributed by atoms with Crippen molar-refractivity contribution in [1.82, 2.24) is 0 Å². The van der Waals surface area contributed by atoms with E-state index in [2.05, 4.69) is 0 Å². The number of carbonyl (C=O) groups excluding carboxylic acids is 1. The van der Waals surface area contributed by atoms with Crippen molar-refractivity contribution in [3.8, 4) is 11.5 Å². The first kappa shape index (κ1) is 9.51. The van der Waals surface area contributed by atoms with E-state index in [4.69, 9.17) is 14.2 Å². The molecule has 4 heteroatoms. The molecular weight excluding hydrogens is 208 g/mol. The summed E-state index contributed by atoms with van der Waals surface area (Å²) in [5, 5.41) is 0. The molecule has 1 unspecified atom stereocenters. The van der Waals surface area contributed by atoms with Crippen LogP contribution in [0, 0.1) is 5.92 Å². The molecule has 0 spiro atoms. The van der Waals surface area contributed by atoms with E-state index < -0.39 is 0 Å².